The van der Waals surface area contributed by atoms with Gasteiger partial charge in [-0.2, -0.15) is 0 Å². The normalized spacial score (nSPS) is 0. The molecule has 0 nitrogen and oxygen atoms in total. The standard InChI is InChI=1S/Cr.2Fe.Zn. The molecule has 0 aromatic rings. The van der Waals surface area contributed by atoms with E-state index in [1.165, 1.54) is 0 Å². The van der Waals surface area contributed by atoms with Crippen LogP contribution in [0.15, 0.2) is 0 Å². The number of hydrogen-bond donors (Lipinski definition) is 0. The molecule has 0 spiro atoms. The van der Waals surface area contributed by atoms with Crippen molar-refractivity contribution in [3.8, 4) is 0 Å². The van der Waals surface area contributed by atoms with Crippen LogP contribution in [0.2, 0.25) is 0 Å². The molecule has 0 N–H and O–H groups in total. The Labute approximate surface area is 70.3 Å². The van der Waals surface area contributed by atoms with E-state index in [-0.39, 0.29) is 71.0 Å². The molecule has 0 fully saturated rings. The summed E-state index contributed by atoms with van der Waals surface area (Å²) < 4.78 is 0. The van der Waals surface area contributed by atoms with E-state index in [9.17, 15) is 0 Å². The summed E-state index contributed by atoms with van der Waals surface area (Å²) in [6.07, 6.45) is 0. The molecule has 0 unspecified atom stereocenters. The average Bonchev–Trinajstić information content (AvgIpc) is 0. The SMILES string of the molecule is [Cr].[Fe].[Fe].[Zn]. The van der Waals surface area contributed by atoms with Crippen molar-refractivity contribution in [2.45, 2.75) is 0 Å². The summed E-state index contributed by atoms with van der Waals surface area (Å²) in [5.74, 6) is 0. The topological polar surface area (TPSA) is 0 Å². The molecule has 0 atom stereocenters. The quantitative estimate of drug-likeness (QED) is 0.512. The Morgan fingerprint density at radius 2 is 0.750 bits per heavy atom. The van der Waals surface area contributed by atoms with Crippen LogP contribution in [0.3, 0.4) is 0 Å². The van der Waals surface area contributed by atoms with Gasteiger partial charge < -0.3 is 0 Å². The monoisotopic (exact) mass is 228 g/mol. The fourth-order valence-electron chi connectivity index (χ4n) is 0. The molecular formula is CrFe2Zn. The van der Waals surface area contributed by atoms with Crippen molar-refractivity contribution >= 4 is 0 Å². The largest absolute Gasteiger partial charge is 0 e. The molecule has 0 aromatic carbocycles. The number of rotatable bonds is 0. The second-order valence-corrected chi connectivity index (χ2v) is 0. The predicted molar refractivity (Wildman–Crippen MR) is 0 cm³/mol. The van der Waals surface area contributed by atoms with Crippen LogP contribution in [0, 0.1) is 0 Å². The maximum absolute atomic E-state index is 0. The van der Waals surface area contributed by atoms with Crippen LogP contribution in [0.4, 0.5) is 0 Å². The van der Waals surface area contributed by atoms with Crippen LogP contribution in [0.1, 0.15) is 0 Å². The molecular weight excluding hydrogens is 229 g/mol. The minimum atomic E-state index is 0. The van der Waals surface area contributed by atoms with Gasteiger partial charge in [-0.15, -0.1) is 0 Å². The van der Waals surface area contributed by atoms with Crippen molar-refractivity contribution < 1.29 is 71.0 Å². The van der Waals surface area contributed by atoms with Crippen molar-refractivity contribution in [3.63, 3.8) is 0 Å². The second-order valence-electron chi connectivity index (χ2n) is 0. The second kappa shape index (κ2) is 19.0. The molecule has 0 aliphatic rings. The minimum Gasteiger partial charge on any atom is 0 e. The van der Waals surface area contributed by atoms with E-state index in [0.717, 1.165) is 0 Å². The third kappa shape index (κ3) is 8.89. The Hall–Kier alpha value is 2.19. The molecule has 0 amide bonds. The summed E-state index contributed by atoms with van der Waals surface area (Å²) in [6, 6.07) is 0. The smallest absolute Gasteiger partial charge is 0 e. The Bertz CT molecular complexity index is 6.00. The third-order valence-corrected chi connectivity index (χ3v) is 0. The molecule has 24 valence electrons. The fraction of sp³-hybridized carbons (Fsp3) is 0. The van der Waals surface area contributed by atoms with E-state index < -0.39 is 0 Å². The maximum atomic E-state index is 0. The molecule has 0 radical (unpaired) electrons. The zero-order chi connectivity index (χ0) is 0. The Morgan fingerprint density at radius 3 is 0.750 bits per heavy atom. The van der Waals surface area contributed by atoms with Gasteiger partial charge in [0, 0.05) is 71.0 Å². The van der Waals surface area contributed by atoms with Crippen LogP contribution in [0.25, 0.3) is 0 Å². The Morgan fingerprint density at radius 1 is 0.750 bits per heavy atom. The summed E-state index contributed by atoms with van der Waals surface area (Å²) in [5.41, 5.74) is 0. The predicted octanol–water partition coefficient (Wildman–Crippen LogP) is -0.0100. The zero-order valence-corrected chi connectivity index (χ0v) is 8.27. The van der Waals surface area contributed by atoms with Crippen molar-refractivity contribution in [2.75, 3.05) is 0 Å². The molecule has 4 heteroatoms. The number of hydrogen-bond acceptors (Lipinski definition) is 0. The Balaban J connectivity index is 0. The molecule has 0 saturated heterocycles. The van der Waals surface area contributed by atoms with Crippen molar-refractivity contribution in [1.82, 2.24) is 0 Å². The van der Waals surface area contributed by atoms with Gasteiger partial charge in [0.15, 0.2) is 0 Å². The van der Waals surface area contributed by atoms with Crippen molar-refractivity contribution in [1.29, 1.82) is 0 Å². The first-order valence-corrected chi connectivity index (χ1v) is 0. The van der Waals surface area contributed by atoms with Crippen LogP contribution < -0.4 is 0 Å². The van der Waals surface area contributed by atoms with E-state index in [1.807, 2.05) is 0 Å². The van der Waals surface area contributed by atoms with Crippen LogP contribution in [-0.4, -0.2) is 0 Å². The zero-order valence-electron chi connectivity index (χ0n) is 1.82. The van der Waals surface area contributed by atoms with E-state index >= 15 is 0 Å². The van der Waals surface area contributed by atoms with Crippen LogP contribution in [0.5, 0.6) is 0 Å². The minimum absolute atomic E-state index is 0. The molecule has 0 rings (SSSR count). The molecule has 0 saturated carbocycles. The van der Waals surface area contributed by atoms with Crippen LogP contribution in [-0.2, 0) is 71.0 Å². The van der Waals surface area contributed by atoms with Crippen LogP contribution >= 0.6 is 0 Å². The molecule has 0 aliphatic heterocycles. The first-order chi connectivity index (χ1) is 0. The van der Waals surface area contributed by atoms with Gasteiger partial charge >= 0.3 is 0 Å². The molecule has 0 aliphatic carbocycles. The summed E-state index contributed by atoms with van der Waals surface area (Å²) in [4.78, 5) is 0. The van der Waals surface area contributed by atoms with Crippen molar-refractivity contribution in [3.05, 3.63) is 0 Å². The first-order valence-electron chi connectivity index (χ1n) is 0. The molecule has 0 bridgehead atoms. The van der Waals surface area contributed by atoms with Gasteiger partial charge in [-0.1, -0.05) is 0 Å². The van der Waals surface area contributed by atoms with Gasteiger partial charge in [0.25, 0.3) is 0 Å². The van der Waals surface area contributed by atoms with Crippen molar-refractivity contribution in [2.24, 2.45) is 0 Å². The molecule has 4 heavy (non-hydrogen) atoms. The van der Waals surface area contributed by atoms with Gasteiger partial charge in [0.05, 0.1) is 0 Å². The molecule has 0 aromatic heterocycles. The van der Waals surface area contributed by atoms with E-state index in [1.54, 1.807) is 0 Å². The average molecular weight is 229 g/mol. The van der Waals surface area contributed by atoms with Gasteiger partial charge in [-0.3, -0.25) is 0 Å². The maximum Gasteiger partial charge on any atom is 0 e. The summed E-state index contributed by atoms with van der Waals surface area (Å²) in [7, 11) is 0. The Kier molecular flexibility index (Phi) is 165. The first kappa shape index (κ1) is 34.7. The summed E-state index contributed by atoms with van der Waals surface area (Å²) >= 11 is 0. The van der Waals surface area contributed by atoms with Gasteiger partial charge in [-0.25, -0.2) is 0 Å². The summed E-state index contributed by atoms with van der Waals surface area (Å²) in [5, 5.41) is 0. The van der Waals surface area contributed by atoms with Gasteiger partial charge in [0.2, 0.25) is 0 Å². The van der Waals surface area contributed by atoms with Gasteiger partial charge in [-0.05, 0) is 0 Å². The summed E-state index contributed by atoms with van der Waals surface area (Å²) in [6.45, 7) is 0. The van der Waals surface area contributed by atoms with E-state index in [0.29, 0.717) is 0 Å². The third-order valence-electron chi connectivity index (χ3n) is 0. The molecule has 0 heterocycles. The van der Waals surface area contributed by atoms with E-state index in [4.69, 9.17) is 0 Å². The van der Waals surface area contributed by atoms with E-state index in [2.05, 4.69) is 0 Å². The van der Waals surface area contributed by atoms with Gasteiger partial charge in [0.1, 0.15) is 0 Å². The fourth-order valence-corrected chi connectivity index (χ4v) is 0.